The van der Waals surface area contributed by atoms with Crippen molar-refractivity contribution in [1.29, 1.82) is 0 Å². The van der Waals surface area contributed by atoms with E-state index in [1.54, 1.807) is 30.3 Å². The summed E-state index contributed by atoms with van der Waals surface area (Å²) >= 11 is 19.1. The first kappa shape index (κ1) is 16.5. The third-order valence-corrected chi connectivity index (χ3v) is 4.43. The Kier molecular flexibility index (Phi) is 5.82. The third-order valence-electron chi connectivity index (χ3n) is 2.63. The molecule has 0 spiro atoms. The molecule has 0 saturated carbocycles. The molecule has 0 fully saturated rings. The van der Waals surface area contributed by atoms with Crippen LogP contribution in [0.25, 0.3) is 0 Å². The number of thioether (sulfide) groups is 1. The highest BCUT2D eigenvalue weighted by molar-refractivity contribution is 8.00. The average Bonchev–Trinajstić information content (AvgIpc) is 2.40. The number of benzene rings is 2. The zero-order valence-electron chi connectivity index (χ0n) is 11.1. The Balaban J connectivity index is 2.00. The van der Waals surface area contributed by atoms with Crippen LogP contribution in [0.1, 0.15) is 6.92 Å². The summed E-state index contributed by atoms with van der Waals surface area (Å²) in [7, 11) is 0. The molecule has 1 unspecified atom stereocenters. The normalized spacial score (nSPS) is 12.0. The summed E-state index contributed by atoms with van der Waals surface area (Å²) in [4.78, 5) is 13.1. The van der Waals surface area contributed by atoms with Gasteiger partial charge in [0.2, 0.25) is 5.91 Å². The van der Waals surface area contributed by atoms with E-state index in [-0.39, 0.29) is 11.2 Å². The first-order valence-corrected chi connectivity index (χ1v) is 8.14. The molecule has 0 aromatic heterocycles. The van der Waals surface area contributed by atoms with E-state index in [0.29, 0.717) is 20.8 Å². The van der Waals surface area contributed by atoms with E-state index >= 15 is 0 Å². The highest BCUT2D eigenvalue weighted by Crippen LogP contribution is 2.27. The Bertz CT molecular complexity index is 626. The molecule has 0 aliphatic heterocycles. The van der Waals surface area contributed by atoms with E-state index in [9.17, 15) is 4.79 Å². The van der Waals surface area contributed by atoms with Crippen molar-refractivity contribution in [3.05, 3.63) is 57.5 Å². The summed E-state index contributed by atoms with van der Waals surface area (Å²) in [6.07, 6.45) is 0. The molecule has 21 heavy (non-hydrogen) atoms. The summed E-state index contributed by atoms with van der Waals surface area (Å²) < 4.78 is 0. The molecule has 2 rings (SSSR count). The third kappa shape index (κ3) is 5.11. The minimum absolute atomic E-state index is 0.117. The van der Waals surface area contributed by atoms with Crippen molar-refractivity contribution in [2.45, 2.75) is 17.1 Å². The van der Waals surface area contributed by atoms with Gasteiger partial charge in [-0.25, -0.2) is 0 Å². The lowest BCUT2D eigenvalue weighted by Crippen LogP contribution is -2.22. The number of halogens is 3. The van der Waals surface area contributed by atoms with Gasteiger partial charge < -0.3 is 5.32 Å². The summed E-state index contributed by atoms with van der Waals surface area (Å²) in [6.45, 7) is 1.83. The average molecular weight is 361 g/mol. The zero-order chi connectivity index (χ0) is 15.4. The first-order valence-electron chi connectivity index (χ1n) is 6.13. The molecule has 1 amide bonds. The van der Waals surface area contributed by atoms with Gasteiger partial charge in [-0.1, -0.05) is 34.8 Å². The van der Waals surface area contributed by atoms with Crippen LogP contribution < -0.4 is 5.32 Å². The Labute approximate surface area is 142 Å². The SMILES string of the molecule is CC(Sc1ccc(Cl)cc1)C(=O)Nc1cc(Cl)cc(Cl)c1. The van der Waals surface area contributed by atoms with Crippen molar-refractivity contribution >= 4 is 58.2 Å². The predicted octanol–water partition coefficient (Wildman–Crippen LogP) is 5.77. The smallest absolute Gasteiger partial charge is 0.237 e. The molecular weight excluding hydrogens is 349 g/mol. The van der Waals surface area contributed by atoms with Gasteiger partial charge in [-0.2, -0.15) is 0 Å². The Morgan fingerprint density at radius 3 is 2.14 bits per heavy atom. The molecule has 6 heteroatoms. The lowest BCUT2D eigenvalue weighted by atomic mass is 10.3. The molecular formula is C15H12Cl3NOS. The van der Waals surface area contributed by atoms with Crippen molar-refractivity contribution in [3.8, 4) is 0 Å². The Morgan fingerprint density at radius 2 is 1.57 bits per heavy atom. The minimum atomic E-state index is -0.260. The van der Waals surface area contributed by atoms with Crippen LogP contribution in [0.3, 0.4) is 0 Å². The molecule has 0 aliphatic carbocycles. The largest absolute Gasteiger partial charge is 0.325 e. The summed E-state index contributed by atoms with van der Waals surface area (Å²) in [5.74, 6) is -0.117. The topological polar surface area (TPSA) is 29.1 Å². The van der Waals surface area contributed by atoms with Crippen molar-refractivity contribution in [1.82, 2.24) is 0 Å². The molecule has 110 valence electrons. The van der Waals surface area contributed by atoms with Gasteiger partial charge in [-0.05, 0) is 49.4 Å². The first-order chi connectivity index (χ1) is 9.94. The molecule has 2 aromatic rings. The van der Waals surface area contributed by atoms with Crippen molar-refractivity contribution < 1.29 is 4.79 Å². The van der Waals surface area contributed by atoms with Gasteiger partial charge in [-0.15, -0.1) is 11.8 Å². The number of carbonyl (C=O) groups is 1. The van der Waals surface area contributed by atoms with Crippen molar-refractivity contribution in [3.63, 3.8) is 0 Å². The zero-order valence-corrected chi connectivity index (χ0v) is 14.2. The maximum atomic E-state index is 12.2. The van der Waals surface area contributed by atoms with Gasteiger partial charge in [0.1, 0.15) is 0 Å². The standard InChI is InChI=1S/C15H12Cl3NOS/c1-9(21-14-4-2-10(16)3-5-14)15(20)19-13-7-11(17)6-12(18)8-13/h2-9H,1H3,(H,19,20). The van der Waals surface area contributed by atoms with E-state index < -0.39 is 0 Å². The van der Waals surface area contributed by atoms with Crippen LogP contribution in [0.15, 0.2) is 47.4 Å². The lowest BCUT2D eigenvalue weighted by Gasteiger charge is -2.12. The highest BCUT2D eigenvalue weighted by Gasteiger charge is 2.15. The van der Waals surface area contributed by atoms with Gasteiger partial charge in [0, 0.05) is 25.7 Å². The fourth-order valence-electron chi connectivity index (χ4n) is 1.64. The predicted molar refractivity (Wildman–Crippen MR) is 91.9 cm³/mol. The van der Waals surface area contributed by atoms with Crippen LogP contribution in [0, 0.1) is 0 Å². The van der Waals surface area contributed by atoms with Crippen LogP contribution in [-0.2, 0) is 4.79 Å². The molecule has 1 N–H and O–H groups in total. The summed E-state index contributed by atoms with van der Waals surface area (Å²) in [5.41, 5.74) is 0.584. The van der Waals surface area contributed by atoms with E-state index in [0.717, 1.165) is 4.90 Å². The van der Waals surface area contributed by atoms with Crippen LogP contribution in [0.5, 0.6) is 0 Å². The number of hydrogen-bond donors (Lipinski definition) is 1. The second-order valence-electron chi connectivity index (χ2n) is 4.36. The number of nitrogens with one attached hydrogen (secondary N) is 1. The minimum Gasteiger partial charge on any atom is -0.325 e. The highest BCUT2D eigenvalue weighted by atomic mass is 35.5. The second kappa shape index (κ2) is 7.41. The van der Waals surface area contributed by atoms with E-state index in [1.165, 1.54) is 11.8 Å². The quantitative estimate of drug-likeness (QED) is 0.702. The van der Waals surface area contributed by atoms with E-state index in [2.05, 4.69) is 5.32 Å². The molecule has 2 nitrogen and oxygen atoms in total. The number of rotatable bonds is 4. The maximum Gasteiger partial charge on any atom is 0.237 e. The molecule has 0 bridgehead atoms. The Hall–Kier alpha value is -0.870. The van der Waals surface area contributed by atoms with Gasteiger partial charge in [-0.3, -0.25) is 4.79 Å². The molecule has 0 radical (unpaired) electrons. The Morgan fingerprint density at radius 1 is 1.00 bits per heavy atom. The number of carbonyl (C=O) groups excluding carboxylic acids is 1. The van der Waals surface area contributed by atoms with Gasteiger partial charge in [0.25, 0.3) is 0 Å². The molecule has 2 aromatic carbocycles. The molecule has 1 atom stereocenters. The molecule has 0 saturated heterocycles. The van der Waals surface area contributed by atoms with E-state index in [4.69, 9.17) is 34.8 Å². The van der Waals surface area contributed by atoms with Crippen LogP contribution in [0.4, 0.5) is 5.69 Å². The van der Waals surface area contributed by atoms with Gasteiger partial charge >= 0.3 is 0 Å². The van der Waals surface area contributed by atoms with Crippen LogP contribution >= 0.6 is 46.6 Å². The number of amides is 1. The van der Waals surface area contributed by atoms with Gasteiger partial charge in [0.05, 0.1) is 5.25 Å². The van der Waals surface area contributed by atoms with Crippen molar-refractivity contribution in [2.24, 2.45) is 0 Å². The lowest BCUT2D eigenvalue weighted by molar-refractivity contribution is -0.115. The fourth-order valence-corrected chi connectivity index (χ4v) is 3.16. The summed E-state index contributed by atoms with van der Waals surface area (Å²) in [6, 6.07) is 12.3. The maximum absolute atomic E-state index is 12.2. The number of anilines is 1. The number of hydrogen-bond acceptors (Lipinski definition) is 2. The van der Waals surface area contributed by atoms with E-state index in [1.807, 2.05) is 19.1 Å². The van der Waals surface area contributed by atoms with Crippen molar-refractivity contribution in [2.75, 3.05) is 5.32 Å². The second-order valence-corrected chi connectivity index (χ2v) is 7.08. The van der Waals surface area contributed by atoms with Crippen LogP contribution in [-0.4, -0.2) is 11.2 Å². The van der Waals surface area contributed by atoms with Crippen LogP contribution in [0.2, 0.25) is 15.1 Å². The fraction of sp³-hybridized carbons (Fsp3) is 0.133. The molecule has 0 aliphatic rings. The van der Waals surface area contributed by atoms with Gasteiger partial charge in [0.15, 0.2) is 0 Å². The summed E-state index contributed by atoms with van der Waals surface area (Å²) in [5, 5.41) is 4.18. The molecule has 0 heterocycles. The monoisotopic (exact) mass is 359 g/mol.